The molecule has 5 heteroatoms. The molecule has 1 aromatic heterocycles. The van der Waals surface area contributed by atoms with Gasteiger partial charge in [0, 0.05) is 18.7 Å². The van der Waals surface area contributed by atoms with Gasteiger partial charge in [0.1, 0.15) is 0 Å². The fraction of sp³-hybridized carbons (Fsp3) is 0.333. The molecule has 1 heterocycles. The first-order chi connectivity index (χ1) is 9.69. The Bertz CT molecular complexity index is 551. The average molecular weight is 273 g/mol. The Balaban J connectivity index is 1.94. The number of anilines is 1. The van der Waals surface area contributed by atoms with E-state index in [1.54, 1.807) is 24.0 Å². The zero-order valence-corrected chi connectivity index (χ0v) is 11.5. The molecule has 0 bridgehead atoms. The van der Waals surface area contributed by atoms with Crippen molar-refractivity contribution in [2.24, 2.45) is 5.92 Å². The summed E-state index contributed by atoms with van der Waals surface area (Å²) in [6.07, 6.45) is 3.90. The van der Waals surface area contributed by atoms with Gasteiger partial charge < -0.3 is 10.4 Å². The maximum absolute atomic E-state index is 11.8. The predicted molar refractivity (Wildman–Crippen MR) is 77.3 cm³/mol. The molecule has 0 aliphatic heterocycles. The summed E-state index contributed by atoms with van der Waals surface area (Å²) in [7, 11) is 0. The van der Waals surface area contributed by atoms with E-state index in [4.69, 9.17) is 5.11 Å². The summed E-state index contributed by atoms with van der Waals surface area (Å²) in [5.74, 6) is -0.309. The average Bonchev–Trinajstić information content (AvgIpc) is 2.87. The molecule has 20 heavy (non-hydrogen) atoms. The number of benzene rings is 1. The minimum Gasteiger partial charge on any atom is -0.396 e. The molecule has 1 aromatic carbocycles. The van der Waals surface area contributed by atoms with Crippen molar-refractivity contribution in [2.45, 2.75) is 19.9 Å². The summed E-state index contributed by atoms with van der Waals surface area (Å²) in [4.78, 5) is 11.8. The lowest BCUT2D eigenvalue weighted by Gasteiger charge is -2.08. The van der Waals surface area contributed by atoms with Gasteiger partial charge in [-0.15, -0.1) is 0 Å². The lowest BCUT2D eigenvalue weighted by Crippen LogP contribution is -2.20. The van der Waals surface area contributed by atoms with Crippen LogP contribution < -0.4 is 5.32 Å². The Kier molecular flexibility index (Phi) is 4.90. The monoisotopic (exact) mass is 273 g/mol. The van der Waals surface area contributed by atoms with Crippen molar-refractivity contribution >= 4 is 11.6 Å². The maximum Gasteiger partial charge on any atom is 0.227 e. The van der Waals surface area contributed by atoms with Crippen LogP contribution in [0.25, 0.3) is 0 Å². The summed E-state index contributed by atoms with van der Waals surface area (Å²) in [6.45, 7) is 2.48. The maximum atomic E-state index is 11.8. The molecule has 0 aliphatic rings. The lowest BCUT2D eigenvalue weighted by atomic mass is 10.1. The highest BCUT2D eigenvalue weighted by atomic mass is 16.3. The molecule has 0 saturated heterocycles. The highest BCUT2D eigenvalue weighted by molar-refractivity contribution is 5.91. The second-order valence-electron chi connectivity index (χ2n) is 4.81. The molecule has 2 rings (SSSR count). The summed E-state index contributed by atoms with van der Waals surface area (Å²) < 4.78 is 1.78. The van der Waals surface area contributed by atoms with Crippen LogP contribution in [0.5, 0.6) is 0 Å². The SMILES string of the molecule is CC(CCO)C(=O)Nc1cnn(Cc2ccccc2)c1. The zero-order chi connectivity index (χ0) is 14.4. The van der Waals surface area contributed by atoms with Crippen molar-refractivity contribution < 1.29 is 9.90 Å². The van der Waals surface area contributed by atoms with Crippen LogP contribution >= 0.6 is 0 Å². The fourth-order valence-electron chi connectivity index (χ4n) is 1.88. The number of nitrogens with zero attached hydrogens (tertiary/aromatic N) is 2. The Hall–Kier alpha value is -2.14. The van der Waals surface area contributed by atoms with Crippen LogP contribution in [0.3, 0.4) is 0 Å². The van der Waals surface area contributed by atoms with E-state index in [2.05, 4.69) is 10.4 Å². The predicted octanol–water partition coefficient (Wildman–Crippen LogP) is 1.89. The molecule has 2 N–H and O–H groups in total. The highest BCUT2D eigenvalue weighted by Gasteiger charge is 2.13. The van der Waals surface area contributed by atoms with Gasteiger partial charge in [0.25, 0.3) is 0 Å². The van der Waals surface area contributed by atoms with Crippen LogP contribution in [-0.2, 0) is 11.3 Å². The van der Waals surface area contributed by atoms with Crippen LogP contribution in [0.15, 0.2) is 42.7 Å². The van der Waals surface area contributed by atoms with E-state index in [1.807, 2.05) is 30.3 Å². The van der Waals surface area contributed by atoms with E-state index in [0.717, 1.165) is 5.56 Å². The van der Waals surface area contributed by atoms with Gasteiger partial charge in [0.05, 0.1) is 18.4 Å². The van der Waals surface area contributed by atoms with Crippen LogP contribution in [0, 0.1) is 5.92 Å². The Morgan fingerprint density at radius 3 is 2.85 bits per heavy atom. The molecule has 0 aliphatic carbocycles. The molecule has 1 atom stereocenters. The second-order valence-corrected chi connectivity index (χ2v) is 4.81. The van der Waals surface area contributed by atoms with Gasteiger partial charge >= 0.3 is 0 Å². The third-order valence-corrected chi connectivity index (χ3v) is 3.10. The first kappa shape index (κ1) is 14.3. The first-order valence-corrected chi connectivity index (χ1v) is 6.67. The quantitative estimate of drug-likeness (QED) is 0.844. The van der Waals surface area contributed by atoms with Crippen molar-refractivity contribution in [3.63, 3.8) is 0 Å². The minimum atomic E-state index is -0.211. The molecule has 1 amide bonds. The molecule has 0 radical (unpaired) electrons. The topological polar surface area (TPSA) is 67.2 Å². The lowest BCUT2D eigenvalue weighted by molar-refractivity contribution is -0.119. The largest absolute Gasteiger partial charge is 0.396 e. The summed E-state index contributed by atoms with van der Waals surface area (Å²) in [5.41, 5.74) is 1.83. The first-order valence-electron chi connectivity index (χ1n) is 6.67. The molecule has 0 saturated carbocycles. The van der Waals surface area contributed by atoms with Crippen molar-refractivity contribution in [3.05, 3.63) is 48.3 Å². The Morgan fingerprint density at radius 1 is 1.40 bits per heavy atom. The smallest absolute Gasteiger partial charge is 0.227 e. The number of amides is 1. The molecule has 5 nitrogen and oxygen atoms in total. The number of rotatable bonds is 6. The van der Waals surface area contributed by atoms with E-state index >= 15 is 0 Å². The van der Waals surface area contributed by atoms with Crippen molar-refractivity contribution in [1.82, 2.24) is 9.78 Å². The fourth-order valence-corrected chi connectivity index (χ4v) is 1.88. The van der Waals surface area contributed by atoms with Gasteiger partial charge in [0.15, 0.2) is 0 Å². The molecular formula is C15H19N3O2. The third-order valence-electron chi connectivity index (χ3n) is 3.10. The number of carbonyl (C=O) groups is 1. The van der Waals surface area contributed by atoms with E-state index in [-0.39, 0.29) is 18.4 Å². The van der Waals surface area contributed by atoms with E-state index in [1.165, 1.54) is 0 Å². The molecule has 1 unspecified atom stereocenters. The number of hydrogen-bond donors (Lipinski definition) is 2. The van der Waals surface area contributed by atoms with Gasteiger partial charge in [-0.2, -0.15) is 5.10 Å². The number of hydrogen-bond acceptors (Lipinski definition) is 3. The molecule has 0 fully saturated rings. The number of aromatic nitrogens is 2. The van der Waals surface area contributed by atoms with Crippen LogP contribution in [0.1, 0.15) is 18.9 Å². The Morgan fingerprint density at radius 2 is 2.15 bits per heavy atom. The van der Waals surface area contributed by atoms with Gasteiger partial charge in [-0.1, -0.05) is 37.3 Å². The van der Waals surface area contributed by atoms with Crippen molar-refractivity contribution in [3.8, 4) is 0 Å². The van der Waals surface area contributed by atoms with Crippen LogP contribution in [0.2, 0.25) is 0 Å². The third kappa shape index (κ3) is 3.93. The number of aliphatic hydroxyl groups excluding tert-OH is 1. The molecule has 2 aromatic rings. The highest BCUT2D eigenvalue weighted by Crippen LogP contribution is 2.10. The summed E-state index contributed by atoms with van der Waals surface area (Å²) in [6, 6.07) is 10.0. The summed E-state index contributed by atoms with van der Waals surface area (Å²) in [5, 5.41) is 15.8. The van der Waals surface area contributed by atoms with Crippen molar-refractivity contribution in [1.29, 1.82) is 0 Å². The van der Waals surface area contributed by atoms with Crippen LogP contribution in [-0.4, -0.2) is 27.4 Å². The zero-order valence-electron chi connectivity index (χ0n) is 11.5. The van der Waals surface area contributed by atoms with Crippen molar-refractivity contribution in [2.75, 3.05) is 11.9 Å². The number of carbonyl (C=O) groups excluding carboxylic acids is 1. The van der Waals surface area contributed by atoms with E-state index < -0.39 is 0 Å². The Labute approximate surface area is 118 Å². The molecule has 106 valence electrons. The van der Waals surface area contributed by atoms with E-state index in [9.17, 15) is 4.79 Å². The standard InChI is InChI=1S/C15H19N3O2/c1-12(7-8-19)15(20)17-14-9-16-18(11-14)10-13-5-3-2-4-6-13/h2-6,9,11-12,19H,7-8,10H2,1H3,(H,17,20). The van der Waals surface area contributed by atoms with Gasteiger partial charge in [-0.3, -0.25) is 9.48 Å². The molecular weight excluding hydrogens is 254 g/mol. The number of nitrogens with one attached hydrogen (secondary N) is 1. The van der Waals surface area contributed by atoms with Crippen LogP contribution in [0.4, 0.5) is 5.69 Å². The van der Waals surface area contributed by atoms with Gasteiger partial charge in [-0.05, 0) is 12.0 Å². The summed E-state index contributed by atoms with van der Waals surface area (Å²) >= 11 is 0. The van der Waals surface area contributed by atoms with E-state index in [0.29, 0.717) is 18.7 Å². The normalized spacial score (nSPS) is 12.1. The van der Waals surface area contributed by atoms with Gasteiger partial charge in [0.2, 0.25) is 5.91 Å². The second kappa shape index (κ2) is 6.86. The van der Waals surface area contributed by atoms with Gasteiger partial charge in [-0.25, -0.2) is 0 Å². The number of aliphatic hydroxyl groups is 1. The molecule has 0 spiro atoms. The minimum absolute atomic E-state index is 0.0157.